The summed E-state index contributed by atoms with van der Waals surface area (Å²) in [5, 5.41) is 8.63. The summed E-state index contributed by atoms with van der Waals surface area (Å²) in [6.07, 6.45) is 9.76. The Morgan fingerprint density at radius 3 is 1.31 bits per heavy atom. The van der Waals surface area contributed by atoms with Gasteiger partial charge in [-0.15, -0.1) is 0 Å². The highest BCUT2D eigenvalue weighted by atomic mass is 32.2. The van der Waals surface area contributed by atoms with Crippen LogP contribution in [0.2, 0.25) is 0 Å². The first-order valence-electron chi connectivity index (χ1n) is 21.6. The molecular weight excluding hydrogens is 916 g/mol. The summed E-state index contributed by atoms with van der Waals surface area (Å²) in [6, 6.07) is 66.6. The molecule has 0 bridgehead atoms. The molecule has 4 heterocycles. The Bertz CT molecular complexity index is 3200. The molecule has 2 aliphatic rings. The van der Waals surface area contributed by atoms with Crippen LogP contribution in [0.5, 0.6) is 0 Å². The Morgan fingerprint density at radius 2 is 0.866 bits per heavy atom. The number of aldehydes is 1. The second-order valence-corrected chi connectivity index (χ2v) is 23.1. The van der Waals surface area contributed by atoms with E-state index in [1.807, 2.05) is 70.7 Å². The maximum absolute atomic E-state index is 10.6. The molecule has 9 aromatic rings. The van der Waals surface area contributed by atoms with Crippen molar-refractivity contribution >= 4 is 119 Å². The van der Waals surface area contributed by atoms with Gasteiger partial charge in [-0.05, 0) is 77.1 Å². The minimum atomic E-state index is -1.97. The first-order chi connectivity index (χ1) is 32.4. The Kier molecular flexibility index (Phi) is 15.3. The lowest BCUT2D eigenvalue weighted by Crippen LogP contribution is -2.30. The topological polar surface area (TPSA) is 31.3 Å². The van der Waals surface area contributed by atoms with Crippen molar-refractivity contribution in [3.8, 4) is 0 Å². The number of allylic oxidation sites excluding steroid dienone is 3. The number of aryl methyl sites for hydroxylation is 2. The van der Waals surface area contributed by atoms with Gasteiger partial charge in [0.05, 0.1) is 21.4 Å². The van der Waals surface area contributed by atoms with E-state index in [0.717, 1.165) is 21.5 Å². The molecule has 0 N–H and O–H groups in total. The Balaban J connectivity index is 0.000000148. The van der Waals surface area contributed by atoms with Crippen molar-refractivity contribution in [2.45, 2.75) is 17.2 Å². The van der Waals surface area contributed by atoms with Crippen molar-refractivity contribution in [1.82, 2.24) is 0 Å². The summed E-state index contributed by atoms with van der Waals surface area (Å²) in [7, 11) is 8.31. The highest BCUT2D eigenvalue weighted by Crippen LogP contribution is 2.48. The maximum Gasteiger partial charge on any atom is 0.302 e. The average molecular weight is 969 g/mol. The van der Waals surface area contributed by atoms with E-state index in [1.54, 1.807) is 0 Å². The predicted molar refractivity (Wildman–Crippen MR) is 296 cm³/mol. The number of carbonyl (C=O) groups excluding carboxylic acids is 1. The molecule has 0 spiro atoms. The second kappa shape index (κ2) is 21.6. The SMILES string of the molecule is C.CN1/C(=C/C=P(c2ccccc2)(c2ccccc2)c2ccccc2)Sc2ccccc21.CN1C(=CC=Cc2sc3ccccc3[n+]2C)Sc2ccccc21.C[n+]1c(C=O)sc2ccccc21. The van der Waals surface area contributed by atoms with Crippen LogP contribution in [0.25, 0.3) is 26.5 Å². The molecule has 11 rings (SSSR count). The highest BCUT2D eigenvalue weighted by Gasteiger charge is 2.26. The molecule has 0 unspecified atom stereocenters. The van der Waals surface area contributed by atoms with Crippen LogP contribution in [0.4, 0.5) is 11.4 Å². The predicted octanol–water partition coefficient (Wildman–Crippen LogP) is 12.9. The molecule has 5 nitrogen and oxygen atoms in total. The zero-order chi connectivity index (χ0) is 45.5. The highest BCUT2D eigenvalue weighted by molar-refractivity contribution is 8.04. The number of para-hydroxylation sites is 4. The van der Waals surface area contributed by atoms with E-state index in [0.29, 0.717) is 0 Å². The summed E-state index contributed by atoms with van der Waals surface area (Å²) in [5.41, 5.74) is 4.95. The van der Waals surface area contributed by atoms with Gasteiger partial charge < -0.3 is 9.80 Å². The number of thiazole rings is 2. The van der Waals surface area contributed by atoms with Gasteiger partial charge in [0.15, 0.2) is 0 Å². The van der Waals surface area contributed by atoms with E-state index in [2.05, 4.69) is 229 Å². The lowest BCUT2D eigenvalue weighted by molar-refractivity contribution is -0.642. The van der Waals surface area contributed by atoms with E-state index in [1.165, 1.54) is 73.7 Å². The third kappa shape index (κ3) is 9.94. The summed E-state index contributed by atoms with van der Waals surface area (Å²) in [5.74, 6) is 2.48. The quantitative estimate of drug-likeness (QED) is 0.0902. The van der Waals surface area contributed by atoms with Crippen LogP contribution in [-0.4, -0.2) is 26.2 Å². The maximum atomic E-state index is 10.6. The van der Waals surface area contributed by atoms with Gasteiger partial charge in [0.2, 0.25) is 17.3 Å². The molecule has 0 fully saturated rings. The van der Waals surface area contributed by atoms with Gasteiger partial charge in [-0.2, -0.15) is 9.13 Å². The number of hydrogen-bond acceptors (Lipinski definition) is 7. The molecule has 10 heteroatoms. The summed E-state index contributed by atoms with van der Waals surface area (Å²) in [6.45, 7) is -1.97. The first kappa shape index (κ1) is 47.3. The summed E-state index contributed by atoms with van der Waals surface area (Å²) < 4.78 is 6.63. The lowest BCUT2D eigenvalue weighted by Gasteiger charge is -2.28. The van der Waals surface area contributed by atoms with Gasteiger partial charge in [-0.3, -0.25) is 4.79 Å². The smallest absolute Gasteiger partial charge is 0.302 e. The summed E-state index contributed by atoms with van der Waals surface area (Å²) in [4.78, 5) is 17.8. The zero-order valence-corrected chi connectivity index (χ0v) is 41.3. The number of aromatic nitrogens is 2. The van der Waals surface area contributed by atoms with Crippen LogP contribution in [0.15, 0.2) is 226 Å². The van der Waals surface area contributed by atoms with E-state index < -0.39 is 6.89 Å². The van der Waals surface area contributed by atoms with E-state index in [-0.39, 0.29) is 7.43 Å². The fourth-order valence-corrected chi connectivity index (χ4v) is 16.1. The Morgan fingerprint density at radius 1 is 0.478 bits per heavy atom. The van der Waals surface area contributed by atoms with Gasteiger partial charge in [0, 0.05) is 42.1 Å². The number of anilines is 2. The normalized spacial score (nSPS) is 14.0. The van der Waals surface area contributed by atoms with Crippen molar-refractivity contribution in [3.05, 3.63) is 226 Å². The first-order valence-corrected chi connectivity index (χ1v) is 26.7. The average Bonchev–Trinajstić information content (AvgIpc) is 4.09. The van der Waals surface area contributed by atoms with Crippen LogP contribution in [0.1, 0.15) is 22.2 Å². The molecule has 67 heavy (non-hydrogen) atoms. The molecule has 0 amide bonds. The van der Waals surface area contributed by atoms with Crippen LogP contribution < -0.4 is 34.8 Å². The molecule has 2 aliphatic heterocycles. The molecule has 0 radical (unpaired) electrons. The number of carbonyl (C=O) groups is 1. The van der Waals surface area contributed by atoms with Gasteiger partial charge in [-0.1, -0.05) is 199 Å². The standard InChI is InChI=1S/C28H24NPS.C19H17N2S2.C9H8NOS.CH4/c1-29-26-19-11-12-20-27(26)31-28(29)21-22-30(23-13-5-2-6-14-23,24-15-7-3-8-16-24)25-17-9-4-10-18-25;1-20-14-8-3-5-10-16(14)22-18(20)12-7-13-19-21(2)15-9-4-6-11-17(15)23-19;1-10-7-4-2-3-5-8(7)12-9(10)6-11;/h2-22H,1H3;3-13H,1-2H3;2-6H,1H3;1H4/q;2*+1;/b28-21-;;;. The number of fused-ring (bicyclic) bond motifs is 4. The molecule has 334 valence electrons. The molecular formula is C57H53N4OPS4+2. The fraction of sp³-hybridized carbons (Fsp3) is 0.0877. The van der Waals surface area contributed by atoms with Crippen LogP contribution >= 0.6 is 53.1 Å². The van der Waals surface area contributed by atoms with Gasteiger partial charge in [0.25, 0.3) is 5.01 Å². The van der Waals surface area contributed by atoms with Crippen molar-refractivity contribution < 1.29 is 13.9 Å². The van der Waals surface area contributed by atoms with Gasteiger partial charge >= 0.3 is 5.01 Å². The fourth-order valence-electron chi connectivity index (χ4n) is 8.11. The second-order valence-electron chi connectivity index (χ2n) is 15.6. The minimum Gasteiger partial charge on any atom is -0.338 e. The molecule has 0 aliphatic carbocycles. The van der Waals surface area contributed by atoms with Crippen molar-refractivity contribution in [3.63, 3.8) is 0 Å². The lowest BCUT2D eigenvalue weighted by atomic mass is 10.3. The van der Waals surface area contributed by atoms with Crippen LogP contribution in [0.3, 0.4) is 0 Å². The van der Waals surface area contributed by atoms with E-state index in [4.69, 9.17) is 0 Å². The largest absolute Gasteiger partial charge is 0.338 e. The monoisotopic (exact) mass is 968 g/mol. The van der Waals surface area contributed by atoms with E-state index in [9.17, 15) is 4.79 Å². The molecule has 0 saturated carbocycles. The van der Waals surface area contributed by atoms with Crippen LogP contribution in [-0.2, 0) is 14.1 Å². The van der Waals surface area contributed by atoms with Crippen LogP contribution in [0, 0.1) is 0 Å². The molecule has 7 aromatic carbocycles. The van der Waals surface area contributed by atoms with E-state index >= 15 is 0 Å². The number of nitrogens with zero attached hydrogens (tertiary/aromatic N) is 4. The third-order valence-corrected chi connectivity index (χ3v) is 20.2. The molecule has 2 aromatic heterocycles. The number of benzene rings is 7. The summed E-state index contributed by atoms with van der Waals surface area (Å²) >= 11 is 7.00. The number of rotatable bonds is 7. The third-order valence-electron chi connectivity index (χ3n) is 11.6. The number of hydrogen-bond donors (Lipinski definition) is 0. The van der Waals surface area contributed by atoms with Crippen molar-refractivity contribution in [2.24, 2.45) is 14.1 Å². The minimum absolute atomic E-state index is 0. The van der Waals surface area contributed by atoms with Gasteiger partial charge in [0.1, 0.15) is 23.5 Å². The Hall–Kier alpha value is -6.19. The van der Waals surface area contributed by atoms with Crippen molar-refractivity contribution in [1.29, 1.82) is 0 Å². The zero-order valence-electron chi connectivity index (χ0n) is 37.1. The van der Waals surface area contributed by atoms with Crippen molar-refractivity contribution in [2.75, 3.05) is 23.9 Å². The molecule has 0 atom stereocenters. The number of thioether (sulfide) groups is 2. The van der Waals surface area contributed by atoms with Gasteiger partial charge in [-0.25, -0.2) is 0 Å². The molecule has 0 saturated heterocycles. The Labute approximate surface area is 411 Å².